The summed E-state index contributed by atoms with van der Waals surface area (Å²) in [5.41, 5.74) is 0. The molecule has 20 heavy (non-hydrogen) atoms. The minimum Gasteiger partial charge on any atom is -0.338 e. The van der Waals surface area contributed by atoms with E-state index >= 15 is 0 Å². The lowest BCUT2D eigenvalue weighted by Gasteiger charge is -2.38. The number of hydrogen-bond acceptors (Lipinski definition) is 5. The van der Waals surface area contributed by atoms with E-state index in [0.717, 1.165) is 26.2 Å². The van der Waals surface area contributed by atoms with Gasteiger partial charge in [0, 0.05) is 32.7 Å². The van der Waals surface area contributed by atoms with Crippen LogP contribution in [0.4, 0.5) is 4.79 Å². The molecule has 2 atom stereocenters. The van der Waals surface area contributed by atoms with Crippen LogP contribution < -0.4 is 10.6 Å². The van der Waals surface area contributed by atoms with Crippen LogP contribution in [0.25, 0.3) is 0 Å². The molecule has 2 unspecified atom stereocenters. The standard InChI is InChI=1S/C13H23N5O2/c1-4-15-13(20)16-12(19)11(3)18-7-5-17(6-8-18)10(2)9-14/h10-11H,4-8H2,1-3H3,(H2,15,16,19,20). The summed E-state index contributed by atoms with van der Waals surface area (Å²) in [5, 5.41) is 13.7. The van der Waals surface area contributed by atoms with Gasteiger partial charge < -0.3 is 5.32 Å². The second-order valence-electron chi connectivity index (χ2n) is 4.90. The van der Waals surface area contributed by atoms with Crippen molar-refractivity contribution in [3.63, 3.8) is 0 Å². The van der Waals surface area contributed by atoms with Gasteiger partial charge in [-0.05, 0) is 20.8 Å². The molecule has 7 nitrogen and oxygen atoms in total. The van der Waals surface area contributed by atoms with E-state index in [1.807, 2.05) is 11.8 Å². The number of nitriles is 1. The lowest BCUT2D eigenvalue weighted by atomic mass is 10.2. The normalized spacial score (nSPS) is 19.7. The highest BCUT2D eigenvalue weighted by molar-refractivity contribution is 5.96. The molecule has 0 aromatic heterocycles. The van der Waals surface area contributed by atoms with E-state index < -0.39 is 6.03 Å². The fraction of sp³-hybridized carbons (Fsp3) is 0.769. The molecule has 7 heteroatoms. The number of nitrogens with one attached hydrogen (secondary N) is 2. The number of imide groups is 1. The maximum atomic E-state index is 11.9. The second-order valence-corrected chi connectivity index (χ2v) is 4.90. The van der Waals surface area contributed by atoms with Crippen molar-refractivity contribution < 1.29 is 9.59 Å². The van der Waals surface area contributed by atoms with Gasteiger partial charge in [0.2, 0.25) is 5.91 Å². The number of nitrogens with zero attached hydrogens (tertiary/aromatic N) is 3. The van der Waals surface area contributed by atoms with Crippen LogP contribution >= 0.6 is 0 Å². The number of rotatable bonds is 4. The molecule has 0 bridgehead atoms. The Kier molecular flexibility index (Phi) is 6.42. The Morgan fingerprint density at radius 2 is 1.75 bits per heavy atom. The van der Waals surface area contributed by atoms with Gasteiger partial charge in [-0.1, -0.05) is 0 Å². The van der Waals surface area contributed by atoms with Crippen LogP contribution in [0.3, 0.4) is 0 Å². The fourth-order valence-electron chi connectivity index (χ4n) is 2.18. The van der Waals surface area contributed by atoms with Crippen LogP contribution in [0.15, 0.2) is 0 Å². The summed E-state index contributed by atoms with van der Waals surface area (Å²) in [6, 6.07) is 1.31. The van der Waals surface area contributed by atoms with Gasteiger partial charge in [0.1, 0.15) is 0 Å². The summed E-state index contributed by atoms with van der Waals surface area (Å²) in [4.78, 5) is 27.3. The molecule has 0 aliphatic carbocycles. The summed E-state index contributed by atoms with van der Waals surface area (Å²) in [5.74, 6) is -0.294. The van der Waals surface area contributed by atoms with Crippen molar-refractivity contribution in [2.45, 2.75) is 32.9 Å². The highest BCUT2D eigenvalue weighted by Crippen LogP contribution is 2.09. The zero-order valence-corrected chi connectivity index (χ0v) is 12.3. The van der Waals surface area contributed by atoms with Gasteiger partial charge >= 0.3 is 6.03 Å². The molecule has 1 fully saturated rings. The Labute approximate surface area is 119 Å². The number of urea groups is 1. The zero-order chi connectivity index (χ0) is 15.1. The summed E-state index contributed by atoms with van der Waals surface area (Å²) in [6.45, 7) is 8.90. The van der Waals surface area contributed by atoms with Crippen molar-refractivity contribution in [2.75, 3.05) is 32.7 Å². The quantitative estimate of drug-likeness (QED) is 0.742. The molecule has 2 N–H and O–H groups in total. The molecule has 1 heterocycles. The van der Waals surface area contributed by atoms with E-state index in [2.05, 4.69) is 21.6 Å². The van der Waals surface area contributed by atoms with Gasteiger partial charge in [-0.15, -0.1) is 0 Å². The van der Waals surface area contributed by atoms with Gasteiger partial charge in [0.05, 0.1) is 18.2 Å². The van der Waals surface area contributed by atoms with Gasteiger partial charge in [0.15, 0.2) is 0 Å². The van der Waals surface area contributed by atoms with E-state index in [9.17, 15) is 9.59 Å². The highest BCUT2D eigenvalue weighted by Gasteiger charge is 2.27. The third-order valence-electron chi connectivity index (χ3n) is 3.58. The maximum absolute atomic E-state index is 11.9. The molecule has 0 aromatic rings. The number of amides is 3. The lowest BCUT2D eigenvalue weighted by molar-refractivity contribution is -0.125. The van der Waals surface area contributed by atoms with Crippen LogP contribution in [0.5, 0.6) is 0 Å². The molecule has 1 aliphatic rings. The average molecular weight is 281 g/mol. The molecule has 0 radical (unpaired) electrons. The Morgan fingerprint density at radius 3 is 2.25 bits per heavy atom. The third-order valence-corrected chi connectivity index (χ3v) is 3.58. The van der Waals surface area contributed by atoms with Crippen LogP contribution in [0.1, 0.15) is 20.8 Å². The minimum absolute atomic E-state index is 0.100. The van der Waals surface area contributed by atoms with Crippen LogP contribution in [0.2, 0.25) is 0 Å². The monoisotopic (exact) mass is 281 g/mol. The summed E-state index contributed by atoms with van der Waals surface area (Å²) in [7, 11) is 0. The van der Waals surface area contributed by atoms with E-state index in [1.165, 1.54) is 0 Å². The first-order valence-electron chi connectivity index (χ1n) is 6.96. The first kappa shape index (κ1) is 16.4. The molecule has 3 amide bonds. The van der Waals surface area contributed by atoms with E-state index in [4.69, 9.17) is 5.26 Å². The minimum atomic E-state index is -0.457. The second kappa shape index (κ2) is 7.82. The first-order chi connectivity index (χ1) is 9.49. The third kappa shape index (κ3) is 4.47. The SMILES string of the molecule is CCNC(=O)NC(=O)C(C)N1CCN(C(C)C#N)CC1. The summed E-state index contributed by atoms with van der Waals surface area (Å²) < 4.78 is 0. The van der Waals surface area contributed by atoms with Crippen molar-refractivity contribution in [3.8, 4) is 6.07 Å². The van der Waals surface area contributed by atoms with E-state index in [-0.39, 0.29) is 18.0 Å². The van der Waals surface area contributed by atoms with Gasteiger partial charge in [0.25, 0.3) is 0 Å². The zero-order valence-electron chi connectivity index (χ0n) is 12.3. The van der Waals surface area contributed by atoms with Crippen molar-refractivity contribution in [2.24, 2.45) is 0 Å². The van der Waals surface area contributed by atoms with E-state index in [0.29, 0.717) is 6.54 Å². The fourth-order valence-corrected chi connectivity index (χ4v) is 2.18. The number of hydrogen-bond donors (Lipinski definition) is 2. The number of piperazine rings is 1. The van der Waals surface area contributed by atoms with Crippen LogP contribution in [0, 0.1) is 11.3 Å². The molecule has 0 spiro atoms. The number of carbonyl (C=O) groups is 2. The molecule has 0 saturated carbocycles. The molecule has 1 rings (SSSR count). The highest BCUT2D eigenvalue weighted by atomic mass is 16.2. The van der Waals surface area contributed by atoms with Gasteiger partial charge in [-0.2, -0.15) is 5.26 Å². The lowest BCUT2D eigenvalue weighted by Crippen LogP contribution is -2.56. The smallest absolute Gasteiger partial charge is 0.321 e. The topological polar surface area (TPSA) is 88.5 Å². The van der Waals surface area contributed by atoms with Crippen molar-refractivity contribution in [3.05, 3.63) is 0 Å². The largest absolute Gasteiger partial charge is 0.338 e. The van der Waals surface area contributed by atoms with Crippen molar-refractivity contribution in [1.29, 1.82) is 5.26 Å². The van der Waals surface area contributed by atoms with Crippen molar-refractivity contribution in [1.82, 2.24) is 20.4 Å². The molecule has 0 aromatic carbocycles. The molecular weight excluding hydrogens is 258 g/mol. The van der Waals surface area contributed by atoms with Crippen molar-refractivity contribution >= 4 is 11.9 Å². The van der Waals surface area contributed by atoms with Crippen LogP contribution in [-0.4, -0.2) is 66.5 Å². The van der Waals surface area contributed by atoms with Gasteiger partial charge in [-0.25, -0.2) is 4.79 Å². The maximum Gasteiger partial charge on any atom is 0.321 e. The molecular formula is C13H23N5O2. The summed E-state index contributed by atoms with van der Waals surface area (Å²) in [6.07, 6.45) is 0. The predicted octanol–water partition coefficient (Wildman–Crippen LogP) is -0.250. The summed E-state index contributed by atoms with van der Waals surface area (Å²) >= 11 is 0. The molecule has 1 aliphatic heterocycles. The number of carbonyl (C=O) groups excluding carboxylic acids is 2. The predicted molar refractivity (Wildman–Crippen MR) is 74.9 cm³/mol. The Morgan fingerprint density at radius 1 is 1.20 bits per heavy atom. The first-order valence-corrected chi connectivity index (χ1v) is 6.96. The molecule has 1 saturated heterocycles. The van der Waals surface area contributed by atoms with Crippen LogP contribution in [-0.2, 0) is 4.79 Å². The van der Waals surface area contributed by atoms with Gasteiger partial charge in [-0.3, -0.25) is 19.9 Å². The Hall–Kier alpha value is -1.65. The van der Waals surface area contributed by atoms with E-state index in [1.54, 1.807) is 13.8 Å². The Bertz CT molecular complexity index is 385. The Balaban J connectivity index is 2.42. The molecule has 112 valence electrons. The average Bonchev–Trinajstić information content (AvgIpc) is 2.46.